The quantitative estimate of drug-likeness (QED) is 0.201. The first-order valence-electron chi connectivity index (χ1n) is 11.0. The van der Waals surface area contributed by atoms with E-state index in [4.69, 9.17) is 21.8 Å². The summed E-state index contributed by atoms with van der Waals surface area (Å²) in [4.78, 5) is 64.6. The van der Waals surface area contributed by atoms with Crippen molar-refractivity contribution >= 4 is 62.2 Å². The average Bonchev–Trinajstić information content (AvgIpc) is 2.91. The SMILES string of the molecule is Cn1c(Cl)c(C(=O)NCC(=O)O)c(=O)c2ccccc21.O=C(O)c1c[nH]c2c(ccc3cccnc32)c1=O. The van der Waals surface area contributed by atoms with E-state index in [9.17, 15) is 24.0 Å². The Morgan fingerprint density at radius 1 is 1.00 bits per heavy atom. The summed E-state index contributed by atoms with van der Waals surface area (Å²) < 4.78 is 1.51. The number of halogens is 1. The molecule has 0 bridgehead atoms. The molecule has 3 heterocycles. The van der Waals surface area contributed by atoms with Crippen LogP contribution in [0, 0.1) is 0 Å². The number of aromatic amines is 1. The highest BCUT2D eigenvalue weighted by molar-refractivity contribution is 6.33. The number of rotatable bonds is 4. The van der Waals surface area contributed by atoms with Crippen LogP contribution in [0.15, 0.2) is 70.5 Å². The molecule has 0 radical (unpaired) electrons. The maximum Gasteiger partial charge on any atom is 0.341 e. The van der Waals surface area contributed by atoms with Crippen LogP contribution < -0.4 is 16.2 Å². The van der Waals surface area contributed by atoms with Crippen LogP contribution in [-0.2, 0) is 11.8 Å². The van der Waals surface area contributed by atoms with Gasteiger partial charge >= 0.3 is 11.9 Å². The maximum absolute atomic E-state index is 12.3. The van der Waals surface area contributed by atoms with Gasteiger partial charge in [-0.3, -0.25) is 24.2 Å². The Morgan fingerprint density at radius 2 is 1.74 bits per heavy atom. The Kier molecular flexibility index (Phi) is 7.22. The summed E-state index contributed by atoms with van der Waals surface area (Å²) >= 11 is 6.04. The molecule has 0 spiro atoms. The Balaban J connectivity index is 0.000000178. The third-order valence-electron chi connectivity index (χ3n) is 5.72. The highest BCUT2D eigenvalue weighted by Crippen LogP contribution is 2.20. The van der Waals surface area contributed by atoms with Gasteiger partial charge in [-0.2, -0.15) is 0 Å². The number of nitrogens with zero attached hydrogens (tertiary/aromatic N) is 2. The van der Waals surface area contributed by atoms with Gasteiger partial charge in [-0.05, 0) is 24.3 Å². The zero-order valence-corrected chi connectivity index (χ0v) is 20.4. The van der Waals surface area contributed by atoms with Crippen molar-refractivity contribution in [3.05, 3.63) is 97.7 Å². The molecular formula is C26H19ClN4O7. The minimum Gasteiger partial charge on any atom is -0.480 e. The summed E-state index contributed by atoms with van der Waals surface area (Å²) in [6.07, 6.45) is 2.84. The number of carbonyl (C=O) groups is 3. The Hall–Kier alpha value is -5.03. The fourth-order valence-electron chi connectivity index (χ4n) is 3.90. The van der Waals surface area contributed by atoms with Crippen molar-refractivity contribution in [2.45, 2.75) is 0 Å². The molecule has 0 saturated carbocycles. The lowest BCUT2D eigenvalue weighted by molar-refractivity contribution is -0.135. The molecule has 1 amide bonds. The lowest BCUT2D eigenvalue weighted by Crippen LogP contribution is -2.33. The number of carboxylic acids is 2. The number of nitrogens with one attached hydrogen (secondary N) is 2. The topological polar surface area (TPSA) is 171 Å². The fraction of sp³-hybridized carbons (Fsp3) is 0.0769. The zero-order valence-electron chi connectivity index (χ0n) is 19.7. The second-order valence-corrected chi connectivity index (χ2v) is 8.41. The van der Waals surface area contributed by atoms with Gasteiger partial charge in [-0.1, -0.05) is 35.9 Å². The van der Waals surface area contributed by atoms with Gasteiger partial charge in [0, 0.05) is 35.6 Å². The molecule has 0 aliphatic carbocycles. The molecular weight excluding hydrogens is 516 g/mol. The molecule has 0 unspecified atom stereocenters. The number of H-pyrrole nitrogens is 1. The van der Waals surface area contributed by atoms with Gasteiger partial charge in [0.25, 0.3) is 5.91 Å². The lowest BCUT2D eigenvalue weighted by Gasteiger charge is -2.12. The van der Waals surface area contributed by atoms with Crippen LogP contribution in [0.25, 0.3) is 32.7 Å². The number of aromatic nitrogens is 3. The van der Waals surface area contributed by atoms with Gasteiger partial charge in [0.05, 0.1) is 16.6 Å². The number of hydrogen-bond donors (Lipinski definition) is 4. The number of aliphatic carboxylic acids is 1. The van der Waals surface area contributed by atoms with Crippen molar-refractivity contribution in [2.75, 3.05) is 6.54 Å². The minimum absolute atomic E-state index is 0.0309. The van der Waals surface area contributed by atoms with Crippen LogP contribution in [0.5, 0.6) is 0 Å². The first kappa shape index (κ1) is 26.0. The number of fused-ring (bicyclic) bond motifs is 4. The molecule has 0 atom stereocenters. The summed E-state index contributed by atoms with van der Waals surface area (Å²) in [6, 6.07) is 13.8. The van der Waals surface area contributed by atoms with E-state index in [1.54, 1.807) is 55.7 Å². The normalized spacial score (nSPS) is 10.7. The second-order valence-electron chi connectivity index (χ2n) is 8.05. The number of hydrogen-bond acceptors (Lipinski definition) is 6. The van der Waals surface area contributed by atoms with Gasteiger partial charge < -0.3 is 25.1 Å². The van der Waals surface area contributed by atoms with E-state index in [2.05, 4.69) is 15.3 Å². The second kappa shape index (κ2) is 10.5. The molecule has 11 nitrogen and oxygen atoms in total. The summed E-state index contributed by atoms with van der Waals surface area (Å²) in [6.45, 7) is -0.578. The molecule has 0 fully saturated rings. The molecule has 4 N–H and O–H groups in total. The van der Waals surface area contributed by atoms with E-state index in [1.165, 1.54) is 10.8 Å². The number of pyridine rings is 3. The van der Waals surface area contributed by atoms with Crippen molar-refractivity contribution in [3.63, 3.8) is 0 Å². The molecule has 12 heteroatoms. The van der Waals surface area contributed by atoms with Crippen LogP contribution in [0.4, 0.5) is 0 Å². The van der Waals surface area contributed by atoms with Crippen molar-refractivity contribution in [2.24, 2.45) is 7.05 Å². The largest absolute Gasteiger partial charge is 0.480 e. The maximum atomic E-state index is 12.3. The summed E-state index contributed by atoms with van der Waals surface area (Å²) in [5.74, 6) is -3.24. The predicted octanol–water partition coefficient (Wildman–Crippen LogP) is 2.78. The van der Waals surface area contributed by atoms with Crippen molar-refractivity contribution < 1.29 is 24.6 Å². The van der Waals surface area contributed by atoms with Gasteiger partial charge in [-0.25, -0.2) is 4.79 Å². The Bertz CT molecular complexity index is 1880. The number of aryl methyl sites for hydroxylation is 1. The molecule has 5 rings (SSSR count). The van der Waals surface area contributed by atoms with Crippen LogP contribution in [0.2, 0.25) is 5.15 Å². The fourth-order valence-corrected chi connectivity index (χ4v) is 4.16. The van der Waals surface area contributed by atoms with E-state index >= 15 is 0 Å². The number of benzene rings is 2. The monoisotopic (exact) mass is 534 g/mol. The Morgan fingerprint density at radius 3 is 2.45 bits per heavy atom. The summed E-state index contributed by atoms with van der Waals surface area (Å²) in [5.41, 5.74) is 0.270. The lowest BCUT2D eigenvalue weighted by atomic mass is 10.1. The highest BCUT2D eigenvalue weighted by atomic mass is 35.5. The third-order valence-corrected chi connectivity index (χ3v) is 6.16. The number of carboxylic acid groups (broad SMARTS) is 2. The highest BCUT2D eigenvalue weighted by Gasteiger charge is 2.20. The molecule has 3 aromatic heterocycles. The average molecular weight is 535 g/mol. The molecule has 192 valence electrons. The van der Waals surface area contributed by atoms with E-state index < -0.39 is 35.2 Å². The van der Waals surface area contributed by atoms with Crippen molar-refractivity contribution in [3.8, 4) is 0 Å². The Labute approximate surface area is 217 Å². The number of para-hydroxylation sites is 1. The van der Waals surface area contributed by atoms with E-state index in [1.807, 2.05) is 6.07 Å². The van der Waals surface area contributed by atoms with E-state index in [-0.39, 0.29) is 16.3 Å². The van der Waals surface area contributed by atoms with Crippen LogP contribution in [0.1, 0.15) is 20.7 Å². The van der Waals surface area contributed by atoms with Crippen molar-refractivity contribution in [1.82, 2.24) is 19.9 Å². The van der Waals surface area contributed by atoms with Gasteiger partial charge in [-0.15, -0.1) is 0 Å². The van der Waals surface area contributed by atoms with Crippen molar-refractivity contribution in [1.29, 1.82) is 0 Å². The third kappa shape index (κ3) is 4.82. The molecule has 5 aromatic rings. The standard InChI is InChI=1S/C13H11ClN2O4.C13H8N2O3/c1-16-8-5-3-2-4-7(8)11(19)10(12(16)14)13(20)15-6-9(17)18;16-12-8-4-3-7-2-1-5-14-10(7)11(8)15-6-9(12)13(17)18/h2-5H,6H2,1H3,(H,15,20)(H,17,18);1-6H,(H,15,16)(H,17,18). The molecule has 0 saturated heterocycles. The van der Waals surface area contributed by atoms with Crippen LogP contribution in [0.3, 0.4) is 0 Å². The van der Waals surface area contributed by atoms with Gasteiger partial charge in [0.15, 0.2) is 0 Å². The smallest absolute Gasteiger partial charge is 0.341 e. The van der Waals surface area contributed by atoms with Crippen LogP contribution in [-0.4, -0.2) is 49.1 Å². The molecule has 2 aromatic carbocycles. The van der Waals surface area contributed by atoms with E-state index in [0.29, 0.717) is 27.3 Å². The molecule has 0 aliphatic rings. The summed E-state index contributed by atoms with van der Waals surface area (Å²) in [5, 5.41) is 21.1. The molecule has 38 heavy (non-hydrogen) atoms. The number of amides is 1. The number of aromatic carboxylic acids is 1. The predicted molar refractivity (Wildman–Crippen MR) is 141 cm³/mol. The van der Waals surface area contributed by atoms with E-state index in [0.717, 1.165) is 5.39 Å². The van der Waals surface area contributed by atoms with Gasteiger partial charge in [0.2, 0.25) is 10.9 Å². The first-order chi connectivity index (χ1) is 18.1. The zero-order chi connectivity index (χ0) is 27.6. The summed E-state index contributed by atoms with van der Waals surface area (Å²) in [7, 11) is 1.62. The first-order valence-corrected chi connectivity index (χ1v) is 11.4. The molecule has 0 aliphatic heterocycles. The minimum atomic E-state index is -1.24. The number of carbonyl (C=O) groups excluding carboxylic acids is 1. The van der Waals surface area contributed by atoms with Gasteiger partial charge in [0.1, 0.15) is 22.8 Å². The van der Waals surface area contributed by atoms with Crippen LogP contribution >= 0.6 is 11.6 Å².